The van der Waals surface area contributed by atoms with E-state index < -0.39 is 20.6 Å². The predicted octanol–water partition coefficient (Wildman–Crippen LogP) is 4.19. The molecule has 2 nitrogen and oxygen atoms in total. The Kier molecular flexibility index (Phi) is 4.10. The van der Waals surface area contributed by atoms with Crippen LogP contribution in [-0.4, -0.2) is 8.42 Å². The average Bonchev–Trinajstić information content (AvgIpc) is 2.39. The largest absolute Gasteiger partial charge is 0.416 e. The van der Waals surface area contributed by atoms with Gasteiger partial charge in [-0.3, -0.25) is 0 Å². The summed E-state index contributed by atoms with van der Waals surface area (Å²) in [6, 6.07) is 11.7. The molecule has 0 bridgehead atoms. The lowest BCUT2D eigenvalue weighted by molar-refractivity contribution is -0.137. The van der Waals surface area contributed by atoms with E-state index in [0.29, 0.717) is 10.8 Å². The van der Waals surface area contributed by atoms with Crippen molar-refractivity contribution < 1.29 is 21.6 Å². The summed E-state index contributed by atoms with van der Waals surface area (Å²) in [5.74, 6) is 0. The van der Waals surface area contributed by atoms with Gasteiger partial charge in [-0.2, -0.15) is 13.2 Å². The maximum absolute atomic E-state index is 12.4. The molecule has 2 aromatic rings. The molecule has 0 saturated carbocycles. The van der Waals surface area contributed by atoms with Gasteiger partial charge in [-0.05, 0) is 36.4 Å². The number of rotatable bonds is 3. The van der Waals surface area contributed by atoms with Gasteiger partial charge in [-0.1, -0.05) is 18.2 Å². The third-order valence-corrected chi connectivity index (χ3v) is 5.77. The second-order valence-corrected chi connectivity index (χ2v) is 7.71. The number of hydrogen-bond donors (Lipinski definition) is 0. The van der Waals surface area contributed by atoms with Crippen LogP contribution in [0.5, 0.6) is 0 Å². The fourth-order valence-electron chi connectivity index (χ4n) is 1.46. The molecule has 0 saturated heterocycles. The summed E-state index contributed by atoms with van der Waals surface area (Å²) in [6.07, 6.45) is -4.43. The molecule has 0 unspecified atom stereocenters. The van der Waals surface area contributed by atoms with E-state index in [9.17, 15) is 21.6 Å². The minimum atomic E-state index is -4.43. The Labute approximate surface area is 117 Å². The van der Waals surface area contributed by atoms with Gasteiger partial charge >= 0.3 is 6.18 Å². The number of benzene rings is 2. The summed E-state index contributed by atoms with van der Waals surface area (Å²) >= 11 is 0. The van der Waals surface area contributed by atoms with Crippen LogP contribution in [0.4, 0.5) is 13.2 Å². The van der Waals surface area contributed by atoms with Gasteiger partial charge in [0.2, 0.25) is 8.87 Å². The van der Waals surface area contributed by atoms with Gasteiger partial charge in [0.15, 0.2) is 0 Å². The Balaban J connectivity index is 2.23. The molecule has 0 N–H and O–H groups in total. The number of halogens is 3. The Bertz CT molecular complexity index is 678. The minimum absolute atomic E-state index is 0.116. The van der Waals surface area contributed by atoms with Crippen molar-refractivity contribution in [3.63, 3.8) is 0 Å². The minimum Gasteiger partial charge on any atom is -0.212 e. The summed E-state index contributed by atoms with van der Waals surface area (Å²) < 4.78 is 61.2. The van der Waals surface area contributed by atoms with Crippen molar-refractivity contribution in [2.45, 2.75) is 16.0 Å². The van der Waals surface area contributed by atoms with Gasteiger partial charge in [0, 0.05) is 15.7 Å². The third-order valence-electron chi connectivity index (χ3n) is 2.42. The zero-order valence-corrected chi connectivity index (χ0v) is 11.6. The molecule has 0 atom stereocenters. The monoisotopic (exact) mass is 318 g/mol. The molecule has 0 radical (unpaired) electrons. The van der Waals surface area contributed by atoms with Crippen molar-refractivity contribution in [1.29, 1.82) is 0 Å². The first-order valence-electron chi connectivity index (χ1n) is 5.46. The van der Waals surface area contributed by atoms with Gasteiger partial charge < -0.3 is 0 Å². The first-order chi connectivity index (χ1) is 9.29. The number of hydrogen-bond acceptors (Lipinski definition) is 3. The van der Waals surface area contributed by atoms with Gasteiger partial charge in [-0.15, -0.1) is 0 Å². The summed E-state index contributed by atoms with van der Waals surface area (Å²) in [6.45, 7) is 0. The average molecular weight is 318 g/mol. The van der Waals surface area contributed by atoms with Crippen molar-refractivity contribution in [2.75, 3.05) is 0 Å². The highest BCUT2D eigenvalue weighted by molar-refractivity contribution is 8.72. The number of alkyl halides is 3. The third kappa shape index (κ3) is 3.55. The Hall–Kier alpha value is -1.47. The van der Waals surface area contributed by atoms with E-state index in [2.05, 4.69) is 0 Å². The van der Waals surface area contributed by atoms with Crippen molar-refractivity contribution in [3.8, 4) is 0 Å². The smallest absolute Gasteiger partial charge is 0.212 e. The molecule has 2 aromatic carbocycles. The maximum atomic E-state index is 12.4. The van der Waals surface area contributed by atoms with E-state index in [1.165, 1.54) is 12.1 Å². The van der Waals surface area contributed by atoms with Gasteiger partial charge in [0.25, 0.3) is 0 Å². The van der Waals surface area contributed by atoms with E-state index in [0.717, 1.165) is 24.3 Å². The van der Waals surface area contributed by atoms with Gasteiger partial charge in [-0.25, -0.2) is 8.42 Å². The highest BCUT2D eigenvalue weighted by Crippen LogP contribution is 2.34. The fraction of sp³-hybridized carbons (Fsp3) is 0.0769. The van der Waals surface area contributed by atoms with E-state index in [-0.39, 0.29) is 9.79 Å². The molecular weight excluding hydrogens is 309 g/mol. The quantitative estimate of drug-likeness (QED) is 0.796. The Morgan fingerprint density at radius 1 is 0.850 bits per heavy atom. The van der Waals surface area contributed by atoms with Crippen molar-refractivity contribution in [2.24, 2.45) is 0 Å². The lowest BCUT2D eigenvalue weighted by atomic mass is 10.2. The summed E-state index contributed by atoms with van der Waals surface area (Å²) in [7, 11) is -3.10. The van der Waals surface area contributed by atoms with E-state index in [1.54, 1.807) is 18.2 Å². The Morgan fingerprint density at radius 2 is 1.40 bits per heavy atom. The van der Waals surface area contributed by atoms with Crippen molar-refractivity contribution in [1.82, 2.24) is 0 Å². The van der Waals surface area contributed by atoms with Crippen LogP contribution in [0.15, 0.2) is 64.4 Å². The van der Waals surface area contributed by atoms with E-state index in [1.807, 2.05) is 0 Å². The van der Waals surface area contributed by atoms with Crippen LogP contribution >= 0.6 is 10.8 Å². The molecule has 106 valence electrons. The molecule has 0 spiro atoms. The topological polar surface area (TPSA) is 34.1 Å². The maximum Gasteiger partial charge on any atom is 0.416 e. The molecule has 0 aliphatic rings. The second kappa shape index (κ2) is 5.49. The van der Waals surface area contributed by atoms with Crippen LogP contribution in [0, 0.1) is 0 Å². The fourth-order valence-corrected chi connectivity index (χ4v) is 4.26. The Morgan fingerprint density at radius 3 is 1.90 bits per heavy atom. The lowest BCUT2D eigenvalue weighted by Gasteiger charge is -2.07. The first-order valence-corrected chi connectivity index (χ1v) is 8.27. The van der Waals surface area contributed by atoms with Crippen LogP contribution in [0.2, 0.25) is 0 Å². The first kappa shape index (κ1) is 14.9. The normalized spacial score (nSPS) is 12.3. The molecule has 20 heavy (non-hydrogen) atoms. The molecule has 0 aliphatic carbocycles. The molecule has 0 heterocycles. The molecule has 2 rings (SSSR count). The molecule has 0 aromatic heterocycles. The molecule has 0 amide bonds. The highest BCUT2D eigenvalue weighted by Gasteiger charge is 2.30. The van der Waals surface area contributed by atoms with E-state index in [4.69, 9.17) is 0 Å². The van der Waals surface area contributed by atoms with Crippen LogP contribution < -0.4 is 0 Å². The van der Waals surface area contributed by atoms with Crippen molar-refractivity contribution >= 4 is 19.7 Å². The van der Waals surface area contributed by atoms with Gasteiger partial charge in [0.1, 0.15) is 0 Å². The van der Waals surface area contributed by atoms with Gasteiger partial charge in [0.05, 0.1) is 10.5 Å². The predicted molar refractivity (Wildman–Crippen MR) is 70.9 cm³/mol. The molecular formula is C13H9F3O2S2. The zero-order valence-electron chi connectivity index (χ0n) is 9.96. The highest BCUT2D eigenvalue weighted by atomic mass is 33.1. The van der Waals surface area contributed by atoms with Crippen LogP contribution in [-0.2, 0) is 15.0 Å². The molecule has 0 fully saturated rings. The van der Waals surface area contributed by atoms with Crippen LogP contribution in [0.1, 0.15) is 5.56 Å². The standard InChI is InChI=1S/C13H9F3O2S2/c14-13(15,16)10-6-8-11(9-7-10)19-20(17,18)12-4-2-1-3-5-12/h1-9H. The van der Waals surface area contributed by atoms with Crippen LogP contribution in [0.25, 0.3) is 0 Å². The summed E-state index contributed by atoms with van der Waals surface area (Å²) in [5.41, 5.74) is -0.807. The second-order valence-electron chi connectivity index (χ2n) is 3.87. The summed E-state index contributed by atoms with van der Waals surface area (Å²) in [5, 5.41) is 0. The van der Waals surface area contributed by atoms with E-state index >= 15 is 0 Å². The molecule has 0 aliphatic heterocycles. The van der Waals surface area contributed by atoms with Crippen molar-refractivity contribution in [3.05, 3.63) is 60.2 Å². The van der Waals surface area contributed by atoms with Crippen LogP contribution in [0.3, 0.4) is 0 Å². The zero-order chi connectivity index (χ0) is 14.8. The summed E-state index contributed by atoms with van der Waals surface area (Å²) in [4.78, 5) is 0.353. The lowest BCUT2D eigenvalue weighted by Crippen LogP contribution is -2.04. The molecule has 7 heteroatoms. The SMILES string of the molecule is O=S(=O)(Sc1ccc(C(F)(F)F)cc1)c1ccccc1.